The Morgan fingerprint density at radius 1 is 1.35 bits per heavy atom. The molecule has 3 rings (SSSR count). The van der Waals surface area contributed by atoms with Crippen LogP contribution in [0.5, 0.6) is 5.75 Å². The highest BCUT2D eigenvalue weighted by Gasteiger charge is 2.32. The van der Waals surface area contributed by atoms with E-state index in [-0.39, 0.29) is 30.1 Å². The molecule has 0 radical (unpaired) electrons. The molecule has 0 unspecified atom stereocenters. The summed E-state index contributed by atoms with van der Waals surface area (Å²) < 4.78 is 46.5. The Bertz CT molecular complexity index is 731. The summed E-state index contributed by atoms with van der Waals surface area (Å²) in [5, 5.41) is 6.30. The number of nitrogens with one attached hydrogen (secondary N) is 1. The molecular formula is C16H17F3N4O3. The molecule has 0 atom stereocenters. The highest BCUT2D eigenvalue weighted by molar-refractivity contribution is 5.90. The Hall–Kier alpha value is -2.62. The third-order valence-electron chi connectivity index (χ3n) is 3.98. The van der Waals surface area contributed by atoms with Crippen LogP contribution in [-0.4, -0.2) is 51.6 Å². The maximum atomic E-state index is 12.8. The summed E-state index contributed by atoms with van der Waals surface area (Å²) in [5.41, 5.74) is 0.516. The van der Waals surface area contributed by atoms with E-state index in [0.717, 1.165) is 0 Å². The van der Waals surface area contributed by atoms with Gasteiger partial charge >= 0.3 is 6.36 Å². The van der Waals surface area contributed by atoms with Crippen molar-refractivity contribution in [3.63, 3.8) is 0 Å². The van der Waals surface area contributed by atoms with Crippen LogP contribution in [0.25, 0.3) is 0 Å². The largest absolute Gasteiger partial charge is 0.573 e. The molecule has 26 heavy (non-hydrogen) atoms. The van der Waals surface area contributed by atoms with Gasteiger partial charge < -0.3 is 14.4 Å². The average Bonchev–Trinajstić information content (AvgIpc) is 3.13. The van der Waals surface area contributed by atoms with Crippen molar-refractivity contribution in [2.45, 2.75) is 31.8 Å². The first-order valence-electron chi connectivity index (χ1n) is 8.01. The third-order valence-corrected chi connectivity index (χ3v) is 3.98. The smallest absolute Gasteiger partial charge is 0.406 e. The molecule has 1 aromatic carbocycles. The second-order valence-corrected chi connectivity index (χ2v) is 5.79. The number of aromatic nitrogens is 3. The molecule has 1 aliphatic heterocycles. The zero-order valence-corrected chi connectivity index (χ0v) is 13.7. The van der Waals surface area contributed by atoms with Gasteiger partial charge in [-0.15, -0.1) is 18.3 Å². The Morgan fingerprint density at radius 3 is 2.77 bits per heavy atom. The van der Waals surface area contributed by atoms with E-state index in [9.17, 15) is 18.0 Å². The number of alkyl halides is 3. The summed E-state index contributed by atoms with van der Waals surface area (Å²) >= 11 is 0. The number of aromatic amines is 1. The van der Waals surface area contributed by atoms with Crippen LogP contribution < -0.4 is 4.74 Å². The highest BCUT2D eigenvalue weighted by atomic mass is 19.4. The number of hydrogen-bond donors (Lipinski definition) is 1. The highest BCUT2D eigenvalue weighted by Crippen LogP contribution is 2.25. The molecule has 1 aromatic heterocycles. The molecule has 0 aliphatic carbocycles. The molecule has 7 nitrogen and oxygen atoms in total. The molecule has 1 aliphatic rings. The molecule has 1 N–H and O–H groups in total. The van der Waals surface area contributed by atoms with Gasteiger partial charge in [0.1, 0.15) is 12.1 Å². The van der Waals surface area contributed by atoms with E-state index in [4.69, 9.17) is 4.74 Å². The minimum absolute atomic E-state index is 0.0131. The van der Waals surface area contributed by atoms with Gasteiger partial charge in [0.15, 0.2) is 0 Å². The number of nitrogens with zero attached hydrogens (tertiary/aromatic N) is 3. The van der Waals surface area contributed by atoms with Crippen molar-refractivity contribution < 1.29 is 27.4 Å². The van der Waals surface area contributed by atoms with Gasteiger partial charge in [0.25, 0.3) is 5.91 Å². The van der Waals surface area contributed by atoms with Gasteiger partial charge in [0.05, 0.1) is 0 Å². The van der Waals surface area contributed by atoms with E-state index < -0.39 is 6.36 Å². The van der Waals surface area contributed by atoms with Gasteiger partial charge in [-0.1, -0.05) is 12.1 Å². The first-order chi connectivity index (χ1) is 12.4. The van der Waals surface area contributed by atoms with Gasteiger partial charge in [-0.05, 0) is 30.5 Å². The first-order valence-corrected chi connectivity index (χ1v) is 8.01. The van der Waals surface area contributed by atoms with Crippen LogP contribution in [0.3, 0.4) is 0 Å². The molecule has 2 aromatic rings. The van der Waals surface area contributed by atoms with Gasteiger partial charge in [-0.3, -0.25) is 9.89 Å². The predicted molar refractivity (Wildman–Crippen MR) is 83.2 cm³/mol. The van der Waals surface area contributed by atoms with Crippen molar-refractivity contribution in [1.82, 2.24) is 20.1 Å². The van der Waals surface area contributed by atoms with Gasteiger partial charge in [0.2, 0.25) is 5.82 Å². The number of rotatable bonds is 5. The van der Waals surface area contributed by atoms with Gasteiger partial charge in [0, 0.05) is 25.8 Å². The van der Waals surface area contributed by atoms with Crippen molar-refractivity contribution in [2.75, 3.05) is 13.2 Å². The lowest BCUT2D eigenvalue weighted by Gasteiger charge is -2.33. The van der Waals surface area contributed by atoms with E-state index in [2.05, 4.69) is 19.9 Å². The van der Waals surface area contributed by atoms with Crippen LogP contribution in [-0.2, 0) is 11.3 Å². The van der Waals surface area contributed by atoms with Crippen molar-refractivity contribution in [3.05, 3.63) is 42.0 Å². The number of benzene rings is 1. The SMILES string of the molecule is O=C(c1nc[nH]n1)N(Cc1cccc(OC(F)(F)F)c1)C1CCOCC1. The maximum Gasteiger partial charge on any atom is 0.573 e. The van der Waals surface area contributed by atoms with Crippen LogP contribution >= 0.6 is 0 Å². The van der Waals surface area contributed by atoms with Crippen molar-refractivity contribution >= 4 is 5.91 Å². The van der Waals surface area contributed by atoms with Crippen LogP contribution in [0, 0.1) is 0 Å². The van der Waals surface area contributed by atoms with Gasteiger partial charge in [-0.2, -0.15) is 0 Å². The molecule has 0 spiro atoms. The standard InChI is InChI=1S/C16H17F3N4O3/c17-16(18,19)26-13-3-1-2-11(8-13)9-23(12-4-6-25-7-5-12)15(24)14-20-10-21-22-14/h1-3,8,10,12H,4-7,9H2,(H,20,21,22). The number of H-pyrrole nitrogens is 1. The van der Waals surface area contributed by atoms with E-state index in [1.165, 1.54) is 24.5 Å². The number of hydrogen-bond acceptors (Lipinski definition) is 5. The Balaban J connectivity index is 1.81. The number of halogens is 3. The lowest BCUT2D eigenvalue weighted by molar-refractivity contribution is -0.274. The first kappa shape index (κ1) is 18.2. The summed E-state index contributed by atoms with van der Waals surface area (Å²) in [4.78, 5) is 18.2. The Morgan fingerprint density at radius 2 is 2.12 bits per heavy atom. The van der Waals surface area contributed by atoms with Crippen LogP contribution in [0.2, 0.25) is 0 Å². The number of amides is 1. The second kappa shape index (κ2) is 7.73. The Kier molecular flexibility index (Phi) is 5.40. The fraction of sp³-hybridized carbons (Fsp3) is 0.438. The fourth-order valence-electron chi connectivity index (χ4n) is 2.84. The maximum absolute atomic E-state index is 12.8. The molecule has 1 amide bonds. The lowest BCUT2D eigenvalue weighted by Crippen LogP contribution is -2.43. The molecule has 1 saturated heterocycles. The minimum Gasteiger partial charge on any atom is -0.406 e. The summed E-state index contributed by atoms with van der Waals surface area (Å²) in [6.45, 7) is 1.15. The lowest BCUT2D eigenvalue weighted by atomic mass is 10.1. The number of ether oxygens (including phenoxy) is 2. The number of carbonyl (C=O) groups is 1. The quantitative estimate of drug-likeness (QED) is 0.875. The zero-order valence-electron chi connectivity index (χ0n) is 13.7. The molecule has 0 bridgehead atoms. The second-order valence-electron chi connectivity index (χ2n) is 5.79. The molecule has 0 saturated carbocycles. The third kappa shape index (κ3) is 4.72. The molecule has 1 fully saturated rings. The van der Waals surface area contributed by atoms with Crippen molar-refractivity contribution in [1.29, 1.82) is 0 Å². The Labute approximate surface area is 147 Å². The van der Waals surface area contributed by atoms with E-state index >= 15 is 0 Å². The van der Waals surface area contributed by atoms with E-state index in [1.807, 2.05) is 0 Å². The van der Waals surface area contributed by atoms with E-state index in [0.29, 0.717) is 31.6 Å². The fourth-order valence-corrected chi connectivity index (χ4v) is 2.84. The van der Waals surface area contributed by atoms with Gasteiger partial charge in [-0.25, -0.2) is 4.98 Å². The predicted octanol–water partition coefficient (Wildman–Crippen LogP) is 2.52. The summed E-state index contributed by atoms with van der Waals surface area (Å²) in [5.74, 6) is -0.702. The summed E-state index contributed by atoms with van der Waals surface area (Å²) in [6, 6.07) is 5.47. The minimum atomic E-state index is -4.77. The normalized spacial score (nSPS) is 15.7. The molecule has 10 heteroatoms. The van der Waals surface area contributed by atoms with Crippen LogP contribution in [0.4, 0.5) is 13.2 Å². The molecule has 2 heterocycles. The molecular weight excluding hydrogens is 353 g/mol. The van der Waals surface area contributed by atoms with E-state index in [1.54, 1.807) is 11.0 Å². The monoisotopic (exact) mass is 370 g/mol. The van der Waals surface area contributed by atoms with Crippen LogP contribution in [0.15, 0.2) is 30.6 Å². The van der Waals surface area contributed by atoms with Crippen molar-refractivity contribution in [3.8, 4) is 5.75 Å². The topological polar surface area (TPSA) is 80.3 Å². The summed E-state index contributed by atoms with van der Waals surface area (Å²) in [6.07, 6.45) is -2.20. The molecule has 140 valence electrons. The van der Waals surface area contributed by atoms with Crippen molar-refractivity contribution in [2.24, 2.45) is 0 Å². The zero-order chi connectivity index (χ0) is 18.6. The summed E-state index contributed by atoms with van der Waals surface area (Å²) in [7, 11) is 0. The van der Waals surface area contributed by atoms with Crippen LogP contribution in [0.1, 0.15) is 29.0 Å². The number of carbonyl (C=O) groups excluding carboxylic acids is 1. The average molecular weight is 370 g/mol.